The van der Waals surface area contributed by atoms with Crippen molar-refractivity contribution in [1.82, 2.24) is 25.0 Å². The maximum atomic E-state index is 5.23. The number of aliphatic imine (C=N–C) groups is 1. The van der Waals surface area contributed by atoms with Crippen molar-refractivity contribution in [3.05, 3.63) is 42.0 Å². The van der Waals surface area contributed by atoms with Crippen LogP contribution >= 0.6 is 0 Å². The van der Waals surface area contributed by atoms with E-state index in [4.69, 9.17) is 4.74 Å². The first kappa shape index (κ1) is 16.3. The zero-order valence-electron chi connectivity index (χ0n) is 14.4. The largest absolute Gasteiger partial charge is 0.497 e. The van der Waals surface area contributed by atoms with Gasteiger partial charge in [0.1, 0.15) is 12.1 Å². The van der Waals surface area contributed by atoms with E-state index in [-0.39, 0.29) is 0 Å². The number of nitrogens with zero attached hydrogens (tertiary/aromatic N) is 5. The van der Waals surface area contributed by atoms with Gasteiger partial charge < -0.3 is 19.5 Å². The topological polar surface area (TPSA) is 67.6 Å². The number of hydrogen-bond acceptors (Lipinski definition) is 4. The molecule has 1 saturated heterocycles. The van der Waals surface area contributed by atoms with Crippen LogP contribution in [0.2, 0.25) is 0 Å². The summed E-state index contributed by atoms with van der Waals surface area (Å²) in [5.41, 5.74) is 1.35. The molecule has 0 aliphatic carbocycles. The molecule has 128 valence electrons. The Labute approximate surface area is 142 Å². The highest BCUT2D eigenvalue weighted by atomic mass is 16.5. The fourth-order valence-electron chi connectivity index (χ4n) is 3.06. The molecule has 24 heavy (non-hydrogen) atoms. The van der Waals surface area contributed by atoms with Crippen LogP contribution < -0.4 is 10.1 Å². The molecule has 7 heteroatoms. The summed E-state index contributed by atoms with van der Waals surface area (Å²) in [6.45, 7) is 2.58. The third kappa shape index (κ3) is 3.50. The van der Waals surface area contributed by atoms with Crippen molar-refractivity contribution in [2.24, 2.45) is 12.0 Å². The van der Waals surface area contributed by atoms with Crippen molar-refractivity contribution in [3.8, 4) is 5.75 Å². The first-order valence-electron chi connectivity index (χ1n) is 8.13. The van der Waals surface area contributed by atoms with Crippen molar-refractivity contribution in [3.63, 3.8) is 0 Å². The summed E-state index contributed by atoms with van der Waals surface area (Å²) in [6, 6.07) is 8.36. The highest BCUT2D eigenvalue weighted by Crippen LogP contribution is 2.28. The lowest BCUT2D eigenvalue weighted by molar-refractivity contribution is 0.414. The van der Waals surface area contributed by atoms with Crippen LogP contribution in [0.4, 0.5) is 0 Å². The molecule has 1 atom stereocenters. The number of hydrogen-bond donors (Lipinski definition) is 1. The number of nitrogens with one attached hydrogen (secondary N) is 1. The quantitative estimate of drug-likeness (QED) is 0.678. The van der Waals surface area contributed by atoms with Gasteiger partial charge >= 0.3 is 0 Å². The van der Waals surface area contributed by atoms with Gasteiger partial charge in [-0.15, -0.1) is 10.2 Å². The lowest BCUT2D eigenvalue weighted by Crippen LogP contribution is -2.40. The Balaban J connectivity index is 1.59. The molecule has 3 rings (SSSR count). The average molecular weight is 328 g/mol. The molecule has 1 aliphatic rings. The molecule has 0 amide bonds. The molecule has 1 N–H and O–H groups in total. The molecule has 0 bridgehead atoms. The van der Waals surface area contributed by atoms with Crippen molar-refractivity contribution < 1.29 is 4.74 Å². The standard InChI is InChI=1S/C17H24N6O/c1-18-17(19-10-16-21-20-12-22(16)2)23-9-8-14(11-23)13-4-6-15(24-3)7-5-13/h4-7,12,14H,8-11H2,1-3H3,(H,18,19). The molecule has 1 aliphatic heterocycles. The van der Waals surface area contributed by atoms with E-state index in [1.54, 1.807) is 13.4 Å². The Morgan fingerprint density at radius 2 is 2.17 bits per heavy atom. The second-order valence-electron chi connectivity index (χ2n) is 5.96. The van der Waals surface area contributed by atoms with E-state index in [0.717, 1.165) is 37.0 Å². The summed E-state index contributed by atoms with van der Waals surface area (Å²) < 4.78 is 7.14. The van der Waals surface area contributed by atoms with Crippen LogP contribution in [0.3, 0.4) is 0 Å². The fraction of sp³-hybridized carbons (Fsp3) is 0.471. The number of aryl methyl sites for hydroxylation is 1. The molecule has 2 heterocycles. The molecule has 2 aromatic rings. The molecule has 1 aromatic heterocycles. The van der Waals surface area contributed by atoms with Crippen LogP contribution in [0, 0.1) is 0 Å². The van der Waals surface area contributed by atoms with E-state index in [0.29, 0.717) is 12.5 Å². The van der Waals surface area contributed by atoms with Crippen LogP contribution in [-0.4, -0.2) is 52.9 Å². The first-order valence-corrected chi connectivity index (χ1v) is 8.13. The maximum Gasteiger partial charge on any atom is 0.194 e. The lowest BCUT2D eigenvalue weighted by Gasteiger charge is -2.21. The highest BCUT2D eigenvalue weighted by Gasteiger charge is 2.26. The summed E-state index contributed by atoms with van der Waals surface area (Å²) >= 11 is 0. The SMILES string of the molecule is CN=C(NCc1nncn1C)N1CCC(c2ccc(OC)cc2)C1. The van der Waals surface area contributed by atoms with Gasteiger partial charge in [0.05, 0.1) is 13.7 Å². The Hall–Kier alpha value is -2.57. The number of benzene rings is 1. The Kier molecular flexibility index (Phi) is 4.98. The van der Waals surface area contributed by atoms with Crippen LogP contribution in [-0.2, 0) is 13.6 Å². The van der Waals surface area contributed by atoms with Gasteiger partial charge in [-0.3, -0.25) is 4.99 Å². The number of rotatable bonds is 4. The molecule has 1 aromatic carbocycles. The normalized spacial score (nSPS) is 18.0. The number of aromatic nitrogens is 3. The molecule has 0 spiro atoms. The highest BCUT2D eigenvalue weighted by molar-refractivity contribution is 5.80. The zero-order chi connectivity index (χ0) is 16.9. The minimum atomic E-state index is 0.518. The Bertz CT molecular complexity index is 693. The second kappa shape index (κ2) is 7.33. The van der Waals surface area contributed by atoms with Gasteiger partial charge in [0, 0.05) is 33.1 Å². The van der Waals surface area contributed by atoms with E-state index >= 15 is 0 Å². The second-order valence-corrected chi connectivity index (χ2v) is 5.96. The molecule has 1 fully saturated rings. The monoisotopic (exact) mass is 328 g/mol. The van der Waals surface area contributed by atoms with Crippen LogP contribution in [0.15, 0.2) is 35.6 Å². The summed E-state index contributed by atoms with van der Waals surface area (Å²) in [5.74, 6) is 3.22. The van der Waals surface area contributed by atoms with Crippen LogP contribution in [0.1, 0.15) is 23.7 Å². The van der Waals surface area contributed by atoms with Gasteiger partial charge in [-0.2, -0.15) is 0 Å². The molecule has 0 saturated carbocycles. The Morgan fingerprint density at radius 3 is 2.79 bits per heavy atom. The molecule has 7 nitrogen and oxygen atoms in total. The minimum Gasteiger partial charge on any atom is -0.497 e. The van der Waals surface area contributed by atoms with Crippen molar-refractivity contribution in [1.29, 1.82) is 0 Å². The van der Waals surface area contributed by atoms with Crippen molar-refractivity contribution in [2.75, 3.05) is 27.2 Å². The minimum absolute atomic E-state index is 0.518. The molecular formula is C17H24N6O. The summed E-state index contributed by atoms with van der Waals surface area (Å²) in [5, 5.41) is 11.4. The van der Waals surface area contributed by atoms with Gasteiger partial charge in [-0.05, 0) is 24.1 Å². The zero-order valence-corrected chi connectivity index (χ0v) is 14.4. The average Bonchev–Trinajstić information content (AvgIpc) is 3.25. The number of likely N-dealkylation sites (tertiary alicyclic amines) is 1. The van der Waals surface area contributed by atoms with Gasteiger partial charge in [-0.25, -0.2) is 0 Å². The predicted molar refractivity (Wildman–Crippen MR) is 93.1 cm³/mol. The summed E-state index contributed by atoms with van der Waals surface area (Å²) in [7, 11) is 5.45. The third-order valence-corrected chi connectivity index (χ3v) is 4.50. The Morgan fingerprint density at radius 1 is 1.38 bits per heavy atom. The fourth-order valence-corrected chi connectivity index (χ4v) is 3.06. The number of methoxy groups -OCH3 is 1. The van der Waals surface area contributed by atoms with Crippen LogP contribution in [0.5, 0.6) is 5.75 Å². The van der Waals surface area contributed by atoms with E-state index < -0.39 is 0 Å². The van der Waals surface area contributed by atoms with Crippen molar-refractivity contribution in [2.45, 2.75) is 18.9 Å². The maximum absolute atomic E-state index is 5.23. The predicted octanol–water partition coefficient (Wildman–Crippen LogP) is 1.39. The lowest BCUT2D eigenvalue weighted by atomic mass is 9.98. The first-order chi connectivity index (χ1) is 11.7. The molecular weight excluding hydrogens is 304 g/mol. The van der Waals surface area contributed by atoms with E-state index in [2.05, 4.69) is 37.5 Å². The summed E-state index contributed by atoms with van der Waals surface area (Å²) in [6.07, 6.45) is 2.83. The van der Waals surface area contributed by atoms with Gasteiger partial charge in [0.25, 0.3) is 0 Å². The van der Waals surface area contributed by atoms with E-state index in [9.17, 15) is 0 Å². The summed E-state index contributed by atoms with van der Waals surface area (Å²) in [4.78, 5) is 6.71. The van der Waals surface area contributed by atoms with E-state index in [1.807, 2.05) is 30.8 Å². The number of guanidine groups is 1. The smallest absolute Gasteiger partial charge is 0.194 e. The van der Waals surface area contributed by atoms with Crippen molar-refractivity contribution >= 4 is 5.96 Å². The molecule has 1 unspecified atom stereocenters. The van der Waals surface area contributed by atoms with Gasteiger partial charge in [0.2, 0.25) is 0 Å². The van der Waals surface area contributed by atoms with Gasteiger partial charge in [-0.1, -0.05) is 12.1 Å². The molecule has 0 radical (unpaired) electrons. The van der Waals surface area contributed by atoms with Gasteiger partial charge in [0.15, 0.2) is 11.8 Å². The van der Waals surface area contributed by atoms with E-state index in [1.165, 1.54) is 5.56 Å². The third-order valence-electron chi connectivity index (χ3n) is 4.50. The van der Waals surface area contributed by atoms with Crippen LogP contribution in [0.25, 0.3) is 0 Å². The number of ether oxygens (including phenoxy) is 1.